The molecule has 3 rings (SSSR count). The maximum atomic E-state index is 11.9. The summed E-state index contributed by atoms with van der Waals surface area (Å²) in [5.41, 5.74) is 2.87. The van der Waals surface area contributed by atoms with E-state index in [1.165, 1.54) is 5.56 Å². The summed E-state index contributed by atoms with van der Waals surface area (Å²) < 4.78 is 0. The molecular weight excluding hydrogens is 262 g/mol. The number of fused-ring (bicyclic) bond motifs is 1. The number of benzene rings is 1. The van der Waals surface area contributed by atoms with Crippen LogP contribution in [-0.4, -0.2) is 22.3 Å². The standard InChI is InChI=1S/C17H19N3O/c1-12-9-15-14(16(21)10-12)11-19-17(20-15)18-8-7-13-5-3-2-4-6-13/h2-6,11-12H,7-10H2,1H3,(H,18,19,20)/t12-/m0/s1. The van der Waals surface area contributed by atoms with Crippen LogP contribution in [0.1, 0.15) is 35.0 Å². The van der Waals surface area contributed by atoms with E-state index in [4.69, 9.17) is 0 Å². The summed E-state index contributed by atoms with van der Waals surface area (Å²) in [5, 5.41) is 3.24. The lowest BCUT2D eigenvalue weighted by Crippen LogP contribution is -2.21. The van der Waals surface area contributed by atoms with Crippen LogP contribution in [0.3, 0.4) is 0 Å². The number of rotatable bonds is 4. The van der Waals surface area contributed by atoms with Gasteiger partial charge in [0.25, 0.3) is 0 Å². The fraction of sp³-hybridized carbons (Fsp3) is 0.353. The van der Waals surface area contributed by atoms with Crippen molar-refractivity contribution in [2.24, 2.45) is 5.92 Å². The Balaban J connectivity index is 1.64. The largest absolute Gasteiger partial charge is 0.354 e. The maximum Gasteiger partial charge on any atom is 0.222 e. The summed E-state index contributed by atoms with van der Waals surface area (Å²) in [6.45, 7) is 2.87. The van der Waals surface area contributed by atoms with E-state index in [0.29, 0.717) is 23.9 Å². The monoisotopic (exact) mass is 281 g/mol. The lowest BCUT2D eigenvalue weighted by molar-refractivity contribution is 0.0951. The Bertz CT molecular complexity index is 640. The average molecular weight is 281 g/mol. The first kappa shape index (κ1) is 13.7. The zero-order valence-electron chi connectivity index (χ0n) is 12.2. The highest BCUT2D eigenvalue weighted by Crippen LogP contribution is 2.23. The van der Waals surface area contributed by atoms with E-state index in [1.54, 1.807) is 6.20 Å². The Morgan fingerprint density at radius 1 is 1.24 bits per heavy atom. The first-order valence-electron chi connectivity index (χ1n) is 7.39. The molecule has 0 bridgehead atoms. The molecule has 1 aromatic heterocycles. The molecule has 0 radical (unpaired) electrons. The van der Waals surface area contributed by atoms with Gasteiger partial charge in [-0.05, 0) is 24.3 Å². The van der Waals surface area contributed by atoms with Crippen LogP contribution in [0.2, 0.25) is 0 Å². The number of aromatic nitrogens is 2. The molecule has 4 heteroatoms. The smallest absolute Gasteiger partial charge is 0.222 e. The fourth-order valence-corrected chi connectivity index (χ4v) is 2.68. The van der Waals surface area contributed by atoms with Gasteiger partial charge < -0.3 is 5.32 Å². The highest BCUT2D eigenvalue weighted by Gasteiger charge is 2.24. The minimum atomic E-state index is 0.166. The third kappa shape index (κ3) is 3.27. The molecule has 1 N–H and O–H groups in total. The molecule has 1 aliphatic rings. The van der Waals surface area contributed by atoms with Gasteiger partial charge in [0.2, 0.25) is 5.95 Å². The van der Waals surface area contributed by atoms with Gasteiger partial charge in [-0.15, -0.1) is 0 Å². The van der Waals surface area contributed by atoms with E-state index in [-0.39, 0.29) is 5.78 Å². The highest BCUT2D eigenvalue weighted by atomic mass is 16.1. The van der Waals surface area contributed by atoms with E-state index in [1.807, 2.05) is 18.2 Å². The summed E-state index contributed by atoms with van der Waals surface area (Å²) >= 11 is 0. The molecule has 1 atom stereocenters. The summed E-state index contributed by atoms with van der Waals surface area (Å²) in [5.74, 6) is 1.16. The molecule has 0 saturated carbocycles. The zero-order chi connectivity index (χ0) is 14.7. The van der Waals surface area contributed by atoms with Gasteiger partial charge in [0.1, 0.15) is 0 Å². The predicted octanol–water partition coefficient (Wildman–Crippen LogP) is 2.90. The van der Waals surface area contributed by atoms with Gasteiger partial charge in [0.15, 0.2) is 5.78 Å². The quantitative estimate of drug-likeness (QED) is 0.936. The van der Waals surface area contributed by atoms with Crippen molar-refractivity contribution < 1.29 is 4.79 Å². The number of Topliss-reactive ketones (excluding diaryl/α,β-unsaturated/α-hetero) is 1. The number of carbonyl (C=O) groups is 1. The van der Waals surface area contributed by atoms with E-state index in [9.17, 15) is 4.79 Å². The Morgan fingerprint density at radius 3 is 2.86 bits per heavy atom. The Kier molecular flexibility index (Phi) is 3.95. The lowest BCUT2D eigenvalue weighted by atomic mass is 9.88. The molecule has 0 aliphatic heterocycles. The van der Waals surface area contributed by atoms with E-state index in [2.05, 4.69) is 34.3 Å². The van der Waals surface area contributed by atoms with Gasteiger partial charge in [-0.3, -0.25) is 4.79 Å². The fourth-order valence-electron chi connectivity index (χ4n) is 2.68. The number of hydrogen-bond acceptors (Lipinski definition) is 4. The van der Waals surface area contributed by atoms with Crippen LogP contribution >= 0.6 is 0 Å². The van der Waals surface area contributed by atoms with E-state index in [0.717, 1.165) is 25.1 Å². The Hall–Kier alpha value is -2.23. The molecule has 0 amide bonds. The molecule has 0 saturated heterocycles. The third-order valence-electron chi connectivity index (χ3n) is 3.78. The van der Waals surface area contributed by atoms with E-state index >= 15 is 0 Å². The minimum Gasteiger partial charge on any atom is -0.354 e. The van der Waals surface area contributed by atoms with Gasteiger partial charge in [0, 0.05) is 19.2 Å². The summed E-state index contributed by atoms with van der Waals surface area (Å²) in [6.07, 6.45) is 4.06. The van der Waals surface area contributed by atoms with Gasteiger partial charge in [0.05, 0.1) is 11.3 Å². The number of anilines is 1. The number of nitrogens with one attached hydrogen (secondary N) is 1. The molecule has 0 spiro atoms. The van der Waals surface area contributed by atoms with Gasteiger partial charge >= 0.3 is 0 Å². The summed E-state index contributed by atoms with van der Waals surface area (Å²) in [7, 11) is 0. The molecule has 0 unspecified atom stereocenters. The highest BCUT2D eigenvalue weighted by molar-refractivity contribution is 5.98. The molecule has 1 heterocycles. The van der Waals surface area contributed by atoms with Crippen molar-refractivity contribution in [1.82, 2.24) is 9.97 Å². The van der Waals surface area contributed by atoms with Crippen molar-refractivity contribution in [2.45, 2.75) is 26.2 Å². The SMILES string of the molecule is C[C@@H]1CC(=O)c2cnc(NCCc3ccccc3)nc2C1. The van der Waals surface area contributed by atoms with Crippen molar-refractivity contribution >= 4 is 11.7 Å². The van der Waals surface area contributed by atoms with Crippen LogP contribution in [0, 0.1) is 5.92 Å². The van der Waals surface area contributed by atoms with Gasteiger partial charge in [-0.25, -0.2) is 9.97 Å². The zero-order valence-corrected chi connectivity index (χ0v) is 12.2. The third-order valence-corrected chi connectivity index (χ3v) is 3.78. The van der Waals surface area contributed by atoms with Crippen molar-refractivity contribution in [3.63, 3.8) is 0 Å². The molecular formula is C17H19N3O. The van der Waals surface area contributed by atoms with Crippen molar-refractivity contribution in [2.75, 3.05) is 11.9 Å². The molecule has 0 fully saturated rings. The Labute approximate surface area is 124 Å². The van der Waals surface area contributed by atoms with Crippen LogP contribution in [-0.2, 0) is 12.8 Å². The molecule has 1 aliphatic carbocycles. The van der Waals surface area contributed by atoms with Crippen LogP contribution in [0.15, 0.2) is 36.5 Å². The first-order chi connectivity index (χ1) is 10.2. The first-order valence-corrected chi connectivity index (χ1v) is 7.39. The Morgan fingerprint density at radius 2 is 2.05 bits per heavy atom. The second-order valence-corrected chi connectivity index (χ2v) is 5.65. The van der Waals surface area contributed by atoms with Crippen LogP contribution in [0.5, 0.6) is 0 Å². The topological polar surface area (TPSA) is 54.9 Å². The predicted molar refractivity (Wildman–Crippen MR) is 82.5 cm³/mol. The maximum absolute atomic E-state index is 11.9. The summed E-state index contributed by atoms with van der Waals surface area (Å²) in [6, 6.07) is 10.3. The van der Waals surface area contributed by atoms with Gasteiger partial charge in [-0.1, -0.05) is 37.3 Å². The van der Waals surface area contributed by atoms with Crippen molar-refractivity contribution in [3.05, 3.63) is 53.3 Å². The average Bonchev–Trinajstić information content (AvgIpc) is 2.48. The van der Waals surface area contributed by atoms with Crippen LogP contribution in [0.25, 0.3) is 0 Å². The van der Waals surface area contributed by atoms with Crippen LogP contribution < -0.4 is 5.32 Å². The second kappa shape index (κ2) is 6.04. The number of nitrogens with zero attached hydrogens (tertiary/aromatic N) is 2. The lowest BCUT2D eigenvalue weighted by Gasteiger charge is -2.19. The number of ketones is 1. The second-order valence-electron chi connectivity index (χ2n) is 5.65. The van der Waals surface area contributed by atoms with Crippen molar-refractivity contribution in [3.8, 4) is 0 Å². The van der Waals surface area contributed by atoms with Gasteiger partial charge in [-0.2, -0.15) is 0 Å². The molecule has 4 nitrogen and oxygen atoms in total. The van der Waals surface area contributed by atoms with Crippen LogP contribution in [0.4, 0.5) is 5.95 Å². The minimum absolute atomic E-state index is 0.166. The molecule has 1 aromatic carbocycles. The molecule has 108 valence electrons. The normalized spacial score (nSPS) is 17.4. The van der Waals surface area contributed by atoms with Crippen molar-refractivity contribution in [1.29, 1.82) is 0 Å². The molecule has 21 heavy (non-hydrogen) atoms. The molecule has 2 aromatic rings. The number of carbonyl (C=O) groups excluding carboxylic acids is 1. The number of hydrogen-bond donors (Lipinski definition) is 1. The summed E-state index contributed by atoms with van der Waals surface area (Å²) in [4.78, 5) is 20.7. The van der Waals surface area contributed by atoms with E-state index < -0.39 is 0 Å².